The van der Waals surface area contributed by atoms with Gasteiger partial charge in [-0.05, 0) is 36.0 Å². The number of carbonyl (C=O) groups is 1. The largest absolute Gasteiger partial charge is 0.415 e. The summed E-state index contributed by atoms with van der Waals surface area (Å²) < 4.78 is 5.60. The predicted octanol–water partition coefficient (Wildman–Crippen LogP) is 3.26. The van der Waals surface area contributed by atoms with Crippen LogP contribution in [-0.2, 0) is 5.41 Å². The first kappa shape index (κ1) is 15.3. The van der Waals surface area contributed by atoms with Crippen LogP contribution in [0.5, 0.6) is 5.75 Å². The van der Waals surface area contributed by atoms with Crippen LogP contribution in [0.25, 0.3) is 0 Å². The maximum atomic E-state index is 12.5. The highest BCUT2D eigenvalue weighted by Gasteiger charge is 2.32. The van der Waals surface area contributed by atoms with Gasteiger partial charge in [0.25, 0.3) is 0 Å². The van der Waals surface area contributed by atoms with E-state index < -0.39 is 0 Å². The first-order valence-corrected chi connectivity index (χ1v) is 8.25. The van der Waals surface area contributed by atoms with E-state index in [-0.39, 0.29) is 11.5 Å². The van der Waals surface area contributed by atoms with Crippen LogP contribution >= 0.6 is 0 Å². The van der Waals surface area contributed by atoms with Gasteiger partial charge in [0.1, 0.15) is 5.75 Å². The second kappa shape index (κ2) is 5.92. The maximum absolute atomic E-state index is 12.5. The van der Waals surface area contributed by atoms with Crippen molar-refractivity contribution in [3.63, 3.8) is 0 Å². The maximum Gasteiger partial charge on any atom is 0.415 e. The predicted molar refractivity (Wildman–Crippen MR) is 87.3 cm³/mol. The van der Waals surface area contributed by atoms with Crippen LogP contribution in [0.1, 0.15) is 39.2 Å². The first-order chi connectivity index (χ1) is 10.4. The fourth-order valence-electron chi connectivity index (χ4n) is 3.31. The zero-order chi connectivity index (χ0) is 15.7. The molecule has 1 aromatic carbocycles. The molecular formula is C18H26N2O2. The molecule has 1 aromatic rings. The zero-order valence-electron chi connectivity index (χ0n) is 13.8. The topological polar surface area (TPSA) is 32.8 Å². The molecule has 0 unspecified atom stereocenters. The Bertz CT molecular complexity index is 525. The van der Waals surface area contributed by atoms with E-state index in [0.29, 0.717) is 11.8 Å². The molecule has 4 rings (SSSR count). The van der Waals surface area contributed by atoms with Crippen LogP contribution in [0.3, 0.4) is 0 Å². The smallest absolute Gasteiger partial charge is 0.410 e. The van der Waals surface area contributed by atoms with Gasteiger partial charge in [-0.25, -0.2) is 4.79 Å². The van der Waals surface area contributed by atoms with Gasteiger partial charge in [-0.1, -0.05) is 32.9 Å². The molecule has 120 valence electrons. The molecule has 22 heavy (non-hydrogen) atoms. The lowest BCUT2D eigenvalue weighted by Gasteiger charge is -2.30. The van der Waals surface area contributed by atoms with Crippen LogP contribution < -0.4 is 4.74 Å². The van der Waals surface area contributed by atoms with E-state index in [1.807, 2.05) is 29.2 Å². The summed E-state index contributed by atoms with van der Waals surface area (Å²) in [5.74, 6) is 0.636. The molecule has 0 aliphatic carbocycles. The summed E-state index contributed by atoms with van der Waals surface area (Å²) >= 11 is 0. The SMILES string of the molecule is CC(C)(C)c1ccc(OC(=O)N2CCN3CCC2CC3)cc1. The quantitative estimate of drug-likeness (QED) is 0.798. The molecule has 0 N–H and O–H groups in total. The summed E-state index contributed by atoms with van der Waals surface area (Å²) in [6.45, 7) is 10.5. The number of amides is 1. The molecule has 3 aliphatic rings. The first-order valence-electron chi connectivity index (χ1n) is 8.25. The average Bonchev–Trinajstić information content (AvgIpc) is 2.80. The highest BCUT2D eigenvalue weighted by atomic mass is 16.6. The summed E-state index contributed by atoms with van der Waals surface area (Å²) in [6, 6.07) is 8.24. The van der Waals surface area contributed by atoms with Gasteiger partial charge in [0, 0.05) is 32.2 Å². The number of benzene rings is 1. The third kappa shape index (κ3) is 3.27. The Labute approximate surface area is 133 Å². The van der Waals surface area contributed by atoms with E-state index in [9.17, 15) is 4.79 Å². The second-order valence-corrected chi connectivity index (χ2v) is 7.41. The minimum Gasteiger partial charge on any atom is -0.410 e. The van der Waals surface area contributed by atoms with Crippen molar-refractivity contribution in [2.45, 2.75) is 45.1 Å². The van der Waals surface area contributed by atoms with Crippen molar-refractivity contribution in [1.29, 1.82) is 0 Å². The summed E-state index contributed by atoms with van der Waals surface area (Å²) in [4.78, 5) is 16.8. The van der Waals surface area contributed by atoms with E-state index in [4.69, 9.17) is 4.74 Å². The van der Waals surface area contributed by atoms with Gasteiger partial charge in [-0.2, -0.15) is 0 Å². The normalized spacial score (nSPS) is 25.0. The van der Waals surface area contributed by atoms with Crippen molar-refractivity contribution in [2.24, 2.45) is 0 Å². The van der Waals surface area contributed by atoms with Crippen LogP contribution in [0.2, 0.25) is 0 Å². The Morgan fingerprint density at radius 3 is 2.27 bits per heavy atom. The molecule has 4 nitrogen and oxygen atoms in total. The highest BCUT2D eigenvalue weighted by molar-refractivity contribution is 5.71. The number of carbonyl (C=O) groups excluding carboxylic acids is 1. The number of rotatable bonds is 1. The third-order valence-corrected chi connectivity index (χ3v) is 4.82. The number of ether oxygens (including phenoxy) is 1. The molecule has 0 aromatic heterocycles. The molecule has 3 saturated heterocycles. The standard InChI is InChI=1S/C18H26N2O2/c1-18(2,3)14-4-6-16(7-5-14)22-17(21)20-13-12-19-10-8-15(20)9-11-19/h4-7,15H,8-13H2,1-3H3. The van der Waals surface area contributed by atoms with Crippen LogP contribution in [0.4, 0.5) is 4.79 Å². The van der Waals surface area contributed by atoms with E-state index in [1.165, 1.54) is 5.56 Å². The Morgan fingerprint density at radius 2 is 1.68 bits per heavy atom. The highest BCUT2D eigenvalue weighted by Crippen LogP contribution is 2.26. The molecule has 2 bridgehead atoms. The summed E-state index contributed by atoms with van der Waals surface area (Å²) in [5, 5.41) is 0. The molecule has 1 amide bonds. The number of fused-ring (bicyclic) bond motifs is 4. The van der Waals surface area contributed by atoms with Crippen molar-refractivity contribution in [3.05, 3.63) is 29.8 Å². The van der Waals surface area contributed by atoms with Crippen molar-refractivity contribution < 1.29 is 9.53 Å². The van der Waals surface area contributed by atoms with Crippen molar-refractivity contribution in [1.82, 2.24) is 9.80 Å². The summed E-state index contributed by atoms with van der Waals surface area (Å²) in [7, 11) is 0. The van der Waals surface area contributed by atoms with E-state index in [2.05, 4.69) is 25.7 Å². The van der Waals surface area contributed by atoms with Gasteiger partial charge in [0.2, 0.25) is 0 Å². The van der Waals surface area contributed by atoms with Gasteiger partial charge in [-0.15, -0.1) is 0 Å². The van der Waals surface area contributed by atoms with Crippen LogP contribution in [0.15, 0.2) is 24.3 Å². The lowest BCUT2D eigenvalue weighted by Crippen LogP contribution is -2.43. The van der Waals surface area contributed by atoms with Gasteiger partial charge < -0.3 is 14.5 Å². The van der Waals surface area contributed by atoms with Gasteiger partial charge >= 0.3 is 6.09 Å². The molecule has 3 aliphatic heterocycles. The van der Waals surface area contributed by atoms with Crippen molar-refractivity contribution in [3.8, 4) is 5.75 Å². The Hall–Kier alpha value is -1.55. The van der Waals surface area contributed by atoms with Crippen LogP contribution in [-0.4, -0.2) is 48.1 Å². The number of piperidine rings is 1. The number of hydrogen-bond acceptors (Lipinski definition) is 3. The van der Waals surface area contributed by atoms with Gasteiger partial charge in [-0.3, -0.25) is 0 Å². The fourth-order valence-corrected chi connectivity index (χ4v) is 3.31. The Balaban J connectivity index is 1.66. The second-order valence-electron chi connectivity index (χ2n) is 7.41. The molecule has 0 radical (unpaired) electrons. The molecular weight excluding hydrogens is 276 g/mol. The molecule has 0 atom stereocenters. The molecule has 3 fully saturated rings. The van der Waals surface area contributed by atoms with E-state index in [1.54, 1.807) is 0 Å². The van der Waals surface area contributed by atoms with Gasteiger partial charge in [0.05, 0.1) is 0 Å². The Kier molecular flexibility index (Phi) is 4.13. The monoisotopic (exact) mass is 302 g/mol. The van der Waals surface area contributed by atoms with E-state index >= 15 is 0 Å². The molecule has 0 spiro atoms. The third-order valence-electron chi connectivity index (χ3n) is 4.82. The minimum atomic E-state index is -0.197. The van der Waals surface area contributed by atoms with Gasteiger partial charge in [0.15, 0.2) is 0 Å². The summed E-state index contributed by atoms with van der Waals surface area (Å²) in [6.07, 6.45) is 1.94. The summed E-state index contributed by atoms with van der Waals surface area (Å²) in [5.41, 5.74) is 1.36. The minimum absolute atomic E-state index is 0.112. The fraction of sp³-hybridized carbons (Fsp3) is 0.611. The lowest BCUT2D eigenvalue weighted by atomic mass is 9.87. The lowest BCUT2D eigenvalue weighted by molar-refractivity contribution is 0.131. The average molecular weight is 302 g/mol. The van der Waals surface area contributed by atoms with Crippen molar-refractivity contribution in [2.75, 3.05) is 26.2 Å². The molecule has 4 heteroatoms. The number of hydrogen-bond donors (Lipinski definition) is 0. The van der Waals surface area contributed by atoms with E-state index in [0.717, 1.165) is 39.0 Å². The molecule has 0 saturated carbocycles. The Morgan fingerprint density at radius 1 is 1.05 bits per heavy atom. The van der Waals surface area contributed by atoms with Crippen molar-refractivity contribution >= 4 is 6.09 Å². The zero-order valence-corrected chi connectivity index (χ0v) is 13.8. The van der Waals surface area contributed by atoms with Crippen LogP contribution in [0, 0.1) is 0 Å². The molecule has 3 heterocycles. The number of nitrogens with zero attached hydrogens (tertiary/aromatic N) is 2.